The molecule has 0 atom stereocenters. The van der Waals surface area contributed by atoms with Gasteiger partial charge in [-0.05, 0) is 30.8 Å². The number of piperazine rings is 1. The SMILES string of the molecule is CCCNC(=O)CN1CCN(Cn2nc(CSc3nc4ccccc4s3)n(C)c2=S)CC1. The summed E-state index contributed by atoms with van der Waals surface area (Å²) in [7, 11) is 1.98. The predicted octanol–water partition coefficient (Wildman–Crippen LogP) is 2.95. The Morgan fingerprint density at radius 2 is 1.97 bits per heavy atom. The van der Waals surface area contributed by atoms with Crippen molar-refractivity contribution < 1.29 is 4.79 Å². The topological polar surface area (TPSA) is 71.2 Å². The summed E-state index contributed by atoms with van der Waals surface area (Å²) in [4.78, 5) is 21.2. The van der Waals surface area contributed by atoms with E-state index in [0.717, 1.165) is 65.3 Å². The number of benzene rings is 1. The standard InChI is InChI=1S/C21H29N7OS3/c1-3-8-22-19(29)13-26-9-11-27(12-10-26)15-28-21(30)25(2)18(24-28)14-31-20-23-16-6-4-5-7-17(16)32-20/h4-7H,3,8-15H2,1-2H3,(H,22,29). The van der Waals surface area contributed by atoms with E-state index < -0.39 is 0 Å². The van der Waals surface area contributed by atoms with Crippen LogP contribution in [0.2, 0.25) is 0 Å². The third kappa shape index (κ3) is 5.76. The summed E-state index contributed by atoms with van der Waals surface area (Å²) in [5.41, 5.74) is 1.04. The molecule has 4 rings (SSSR count). The minimum atomic E-state index is 0.113. The van der Waals surface area contributed by atoms with Crippen molar-refractivity contribution in [2.45, 2.75) is 30.1 Å². The van der Waals surface area contributed by atoms with Crippen molar-refractivity contribution in [3.8, 4) is 0 Å². The molecule has 1 aliphatic rings. The van der Waals surface area contributed by atoms with Gasteiger partial charge in [-0.25, -0.2) is 9.67 Å². The van der Waals surface area contributed by atoms with E-state index in [4.69, 9.17) is 22.3 Å². The largest absolute Gasteiger partial charge is 0.355 e. The average molecular weight is 492 g/mol. The van der Waals surface area contributed by atoms with Gasteiger partial charge in [0.1, 0.15) is 5.82 Å². The molecule has 172 valence electrons. The fourth-order valence-corrected chi connectivity index (χ4v) is 5.84. The normalized spacial score (nSPS) is 15.4. The number of aromatic nitrogens is 4. The molecular formula is C21H29N7OS3. The second-order valence-corrected chi connectivity index (χ2v) is 10.5. The van der Waals surface area contributed by atoms with Crippen LogP contribution >= 0.6 is 35.3 Å². The molecule has 32 heavy (non-hydrogen) atoms. The molecule has 3 heterocycles. The van der Waals surface area contributed by atoms with E-state index in [1.807, 2.05) is 34.5 Å². The van der Waals surface area contributed by atoms with E-state index in [0.29, 0.717) is 13.2 Å². The monoisotopic (exact) mass is 491 g/mol. The summed E-state index contributed by atoms with van der Waals surface area (Å²) in [5.74, 6) is 1.79. The van der Waals surface area contributed by atoms with E-state index in [9.17, 15) is 4.79 Å². The van der Waals surface area contributed by atoms with Gasteiger partial charge in [-0.2, -0.15) is 5.10 Å². The first-order valence-electron chi connectivity index (χ1n) is 10.9. The number of nitrogens with zero attached hydrogens (tertiary/aromatic N) is 6. The van der Waals surface area contributed by atoms with Crippen molar-refractivity contribution >= 4 is 51.4 Å². The van der Waals surface area contributed by atoms with E-state index in [1.165, 1.54) is 4.70 Å². The summed E-state index contributed by atoms with van der Waals surface area (Å²) < 4.78 is 6.88. The fourth-order valence-electron chi connectivity index (χ4n) is 3.59. The van der Waals surface area contributed by atoms with Crippen LogP contribution in [0.15, 0.2) is 28.6 Å². The van der Waals surface area contributed by atoms with Crippen LogP contribution in [0, 0.1) is 4.77 Å². The van der Waals surface area contributed by atoms with Gasteiger partial charge in [0.05, 0.1) is 29.2 Å². The number of para-hydroxylation sites is 1. The van der Waals surface area contributed by atoms with E-state index in [2.05, 4.69) is 28.1 Å². The molecule has 0 unspecified atom stereocenters. The molecule has 8 nitrogen and oxygen atoms in total. The Bertz CT molecular complexity index is 1080. The van der Waals surface area contributed by atoms with Crippen LogP contribution in [-0.4, -0.2) is 74.3 Å². The Balaban J connectivity index is 1.30. The third-order valence-corrected chi connectivity index (χ3v) is 8.13. The van der Waals surface area contributed by atoms with Crippen LogP contribution in [0.3, 0.4) is 0 Å². The van der Waals surface area contributed by atoms with E-state index in [1.54, 1.807) is 23.1 Å². The zero-order valence-electron chi connectivity index (χ0n) is 18.5. The maximum Gasteiger partial charge on any atom is 0.234 e. The Labute approximate surface area is 201 Å². The molecule has 11 heteroatoms. The lowest BCUT2D eigenvalue weighted by atomic mass is 10.3. The third-order valence-electron chi connectivity index (χ3n) is 5.47. The number of hydrogen-bond acceptors (Lipinski definition) is 8. The van der Waals surface area contributed by atoms with Crippen molar-refractivity contribution in [1.82, 2.24) is 34.4 Å². The van der Waals surface area contributed by atoms with Crippen molar-refractivity contribution in [1.29, 1.82) is 0 Å². The number of nitrogens with one attached hydrogen (secondary N) is 1. The molecule has 1 aliphatic heterocycles. The Morgan fingerprint density at radius 1 is 1.22 bits per heavy atom. The van der Waals surface area contributed by atoms with Gasteiger partial charge in [-0.1, -0.05) is 30.8 Å². The summed E-state index contributed by atoms with van der Waals surface area (Å²) in [6, 6.07) is 8.21. The van der Waals surface area contributed by atoms with Crippen LogP contribution in [0.1, 0.15) is 19.2 Å². The lowest BCUT2D eigenvalue weighted by Gasteiger charge is -2.33. The highest BCUT2D eigenvalue weighted by Crippen LogP contribution is 2.31. The number of carbonyl (C=O) groups excluding carboxylic acids is 1. The van der Waals surface area contributed by atoms with Gasteiger partial charge < -0.3 is 9.88 Å². The highest BCUT2D eigenvalue weighted by Gasteiger charge is 2.20. The van der Waals surface area contributed by atoms with Gasteiger partial charge in [0, 0.05) is 39.8 Å². The second kappa shape index (κ2) is 10.9. The molecule has 1 fully saturated rings. The van der Waals surface area contributed by atoms with Crippen molar-refractivity contribution in [2.24, 2.45) is 7.05 Å². The molecule has 2 aromatic heterocycles. The first-order valence-corrected chi connectivity index (χ1v) is 13.1. The summed E-state index contributed by atoms with van der Waals surface area (Å²) in [5, 5.41) is 7.73. The highest BCUT2D eigenvalue weighted by atomic mass is 32.2. The molecule has 0 spiro atoms. The minimum absolute atomic E-state index is 0.113. The zero-order chi connectivity index (χ0) is 22.5. The number of thiazole rings is 1. The van der Waals surface area contributed by atoms with Crippen molar-refractivity contribution in [3.63, 3.8) is 0 Å². The Hall–Kier alpha value is -1.79. The molecule has 0 saturated carbocycles. The molecule has 1 aromatic carbocycles. The molecule has 1 N–H and O–H groups in total. The van der Waals surface area contributed by atoms with Gasteiger partial charge in [-0.15, -0.1) is 11.3 Å². The molecule has 0 bridgehead atoms. The smallest absolute Gasteiger partial charge is 0.234 e. The maximum absolute atomic E-state index is 11.9. The number of fused-ring (bicyclic) bond motifs is 1. The van der Waals surface area contributed by atoms with Gasteiger partial charge >= 0.3 is 0 Å². The Morgan fingerprint density at radius 3 is 2.72 bits per heavy atom. The lowest BCUT2D eigenvalue weighted by Crippen LogP contribution is -2.49. The molecule has 0 radical (unpaired) electrons. The van der Waals surface area contributed by atoms with Gasteiger partial charge in [0.2, 0.25) is 5.91 Å². The summed E-state index contributed by atoms with van der Waals surface area (Å²) in [6.45, 7) is 7.51. The van der Waals surface area contributed by atoms with Crippen LogP contribution in [-0.2, 0) is 24.3 Å². The number of hydrogen-bond donors (Lipinski definition) is 1. The van der Waals surface area contributed by atoms with Gasteiger partial charge in [0.25, 0.3) is 0 Å². The van der Waals surface area contributed by atoms with E-state index >= 15 is 0 Å². The predicted molar refractivity (Wildman–Crippen MR) is 133 cm³/mol. The first-order chi connectivity index (χ1) is 15.5. The lowest BCUT2D eigenvalue weighted by molar-refractivity contribution is -0.122. The van der Waals surface area contributed by atoms with Gasteiger partial charge in [0.15, 0.2) is 9.11 Å². The Kier molecular flexibility index (Phi) is 7.95. The number of rotatable bonds is 9. The fraction of sp³-hybridized carbons (Fsp3) is 0.524. The number of thioether (sulfide) groups is 1. The number of carbonyl (C=O) groups is 1. The van der Waals surface area contributed by atoms with Crippen LogP contribution in [0.5, 0.6) is 0 Å². The zero-order valence-corrected chi connectivity index (χ0v) is 20.9. The molecular weight excluding hydrogens is 462 g/mol. The molecule has 1 saturated heterocycles. The van der Waals surface area contributed by atoms with Crippen LogP contribution in [0.4, 0.5) is 0 Å². The van der Waals surface area contributed by atoms with Crippen LogP contribution in [0.25, 0.3) is 10.2 Å². The average Bonchev–Trinajstić information content (AvgIpc) is 3.33. The summed E-state index contributed by atoms with van der Waals surface area (Å²) in [6.07, 6.45) is 0.964. The van der Waals surface area contributed by atoms with Crippen LogP contribution < -0.4 is 5.32 Å². The van der Waals surface area contributed by atoms with Gasteiger partial charge in [-0.3, -0.25) is 14.6 Å². The highest BCUT2D eigenvalue weighted by molar-refractivity contribution is 8.00. The minimum Gasteiger partial charge on any atom is -0.355 e. The van der Waals surface area contributed by atoms with Crippen molar-refractivity contribution in [3.05, 3.63) is 34.9 Å². The number of amides is 1. The van der Waals surface area contributed by atoms with Crippen molar-refractivity contribution in [2.75, 3.05) is 39.3 Å². The maximum atomic E-state index is 11.9. The quantitative estimate of drug-likeness (QED) is 0.364. The molecule has 3 aromatic rings. The second-order valence-electron chi connectivity index (χ2n) is 7.88. The molecule has 0 aliphatic carbocycles. The molecule has 1 amide bonds. The van der Waals surface area contributed by atoms with E-state index in [-0.39, 0.29) is 5.91 Å². The first kappa shape index (κ1) is 23.4. The summed E-state index contributed by atoms with van der Waals surface area (Å²) >= 11 is 9.05.